The highest BCUT2D eigenvalue weighted by molar-refractivity contribution is 6.03. The van der Waals surface area contributed by atoms with E-state index >= 15 is 0 Å². The van der Waals surface area contributed by atoms with Gasteiger partial charge in [0.15, 0.2) is 5.75 Å². The number of carbonyl (C=O) groups is 1. The Bertz CT molecular complexity index is 1440. The Hall–Kier alpha value is -4.06. The van der Waals surface area contributed by atoms with Crippen molar-refractivity contribution in [3.63, 3.8) is 0 Å². The molecule has 0 aliphatic rings. The summed E-state index contributed by atoms with van der Waals surface area (Å²) in [5, 5.41) is 3.66. The molecule has 0 radical (unpaired) electrons. The first-order valence-electron chi connectivity index (χ1n) is 14.6. The quantitative estimate of drug-likeness (QED) is 0.116. The number of aryl methyl sites for hydroxylation is 1. The highest BCUT2D eigenvalue weighted by Gasteiger charge is 2.19. The van der Waals surface area contributed by atoms with E-state index in [2.05, 4.69) is 39.1 Å². The molecule has 218 valence electrons. The standard InChI is InChI=1S/C35H44N2O4/c1-6-7-8-12-23-40-33-30-20-19-29(36-32(38)21-18-28-16-10-9-11-17-28)25-31(30)37(5)35(39)34(33)41-24-22-27(4)15-13-14-26(2)3/h9-11,14,16-22,25H,6-8,12-13,15,23-24H2,1-5H3,(H,36,38). The number of benzene rings is 2. The second-order valence-electron chi connectivity index (χ2n) is 10.6. The van der Waals surface area contributed by atoms with Crippen molar-refractivity contribution in [2.24, 2.45) is 7.05 Å². The smallest absolute Gasteiger partial charge is 0.297 e. The summed E-state index contributed by atoms with van der Waals surface area (Å²) in [7, 11) is 1.71. The number of carbonyl (C=O) groups excluding carboxylic acids is 1. The molecule has 0 bridgehead atoms. The molecule has 1 heterocycles. The Labute approximate surface area is 244 Å². The summed E-state index contributed by atoms with van der Waals surface area (Å²) in [4.78, 5) is 26.1. The molecule has 1 aromatic heterocycles. The summed E-state index contributed by atoms with van der Waals surface area (Å²) in [6.07, 6.45) is 13.7. The molecule has 1 amide bonds. The molecule has 0 atom stereocenters. The second-order valence-corrected chi connectivity index (χ2v) is 10.6. The molecule has 0 spiro atoms. The highest BCUT2D eigenvalue weighted by Crippen LogP contribution is 2.34. The van der Waals surface area contributed by atoms with Crippen LogP contribution in [0.1, 0.15) is 71.8 Å². The maximum absolute atomic E-state index is 13.5. The molecule has 6 heteroatoms. The number of unbranched alkanes of at least 4 members (excludes halogenated alkanes) is 3. The molecule has 0 fully saturated rings. The number of allylic oxidation sites excluding steroid dienone is 3. The van der Waals surface area contributed by atoms with E-state index in [1.54, 1.807) is 23.8 Å². The first-order valence-corrected chi connectivity index (χ1v) is 14.6. The molecule has 0 aliphatic carbocycles. The van der Waals surface area contributed by atoms with Crippen LogP contribution in [0.3, 0.4) is 0 Å². The van der Waals surface area contributed by atoms with Gasteiger partial charge in [0.05, 0.1) is 12.1 Å². The van der Waals surface area contributed by atoms with E-state index < -0.39 is 0 Å². The summed E-state index contributed by atoms with van der Waals surface area (Å²) in [5.74, 6) is 0.417. The van der Waals surface area contributed by atoms with E-state index in [1.165, 1.54) is 17.2 Å². The Kier molecular flexibility index (Phi) is 12.5. The van der Waals surface area contributed by atoms with Gasteiger partial charge in [0.25, 0.3) is 5.56 Å². The van der Waals surface area contributed by atoms with Crippen LogP contribution in [0.2, 0.25) is 0 Å². The maximum Gasteiger partial charge on any atom is 0.297 e. The van der Waals surface area contributed by atoms with Crippen molar-refractivity contribution in [1.82, 2.24) is 4.57 Å². The molecule has 0 saturated carbocycles. The minimum atomic E-state index is -0.274. The van der Waals surface area contributed by atoms with Gasteiger partial charge in [-0.1, -0.05) is 73.7 Å². The van der Waals surface area contributed by atoms with E-state index in [0.717, 1.165) is 49.5 Å². The van der Waals surface area contributed by atoms with Crippen LogP contribution in [0.5, 0.6) is 11.5 Å². The van der Waals surface area contributed by atoms with E-state index in [4.69, 9.17) is 9.47 Å². The van der Waals surface area contributed by atoms with Crippen LogP contribution < -0.4 is 20.3 Å². The van der Waals surface area contributed by atoms with Crippen molar-refractivity contribution in [1.29, 1.82) is 0 Å². The van der Waals surface area contributed by atoms with Gasteiger partial charge in [0.1, 0.15) is 6.61 Å². The van der Waals surface area contributed by atoms with Crippen molar-refractivity contribution in [3.8, 4) is 11.5 Å². The third-order valence-electron chi connectivity index (χ3n) is 6.80. The fourth-order valence-electron chi connectivity index (χ4n) is 4.41. The average molecular weight is 557 g/mol. The zero-order valence-corrected chi connectivity index (χ0v) is 25.2. The normalized spacial score (nSPS) is 11.6. The summed E-state index contributed by atoms with van der Waals surface area (Å²) < 4.78 is 13.8. The van der Waals surface area contributed by atoms with Crippen molar-refractivity contribution in [3.05, 3.63) is 93.8 Å². The van der Waals surface area contributed by atoms with Crippen LogP contribution in [0, 0.1) is 0 Å². The van der Waals surface area contributed by atoms with Crippen LogP contribution in [-0.2, 0) is 11.8 Å². The van der Waals surface area contributed by atoms with Crippen LogP contribution >= 0.6 is 0 Å². The van der Waals surface area contributed by atoms with Gasteiger partial charge in [0, 0.05) is 24.2 Å². The lowest BCUT2D eigenvalue weighted by Crippen LogP contribution is -2.21. The molecule has 0 aliphatic heterocycles. The van der Waals surface area contributed by atoms with Gasteiger partial charge in [-0.05, 0) is 75.9 Å². The molecule has 0 unspecified atom stereocenters. The third-order valence-corrected chi connectivity index (χ3v) is 6.80. The molecule has 2 aromatic carbocycles. The van der Waals surface area contributed by atoms with E-state index in [-0.39, 0.29) is 23.8 Å². The van der Waals surface area contributed by atoms with Gasteiger partial charge in [-0.3, -0.25) is 9.59 Å². The van der Waals surface area contributed by atoms with Gasteiger partial charge < -0.3 is 19.4 Å². The topological polar surface area (TPSA) is 69.6 Å². The average Bonchev–Trinajstić information content (AvgIpc) is 2.96. The Morgan fingerprint density at radius 2 is 1.73 bits per heavy atom. The number of amides is 1. The monoisotopic (exact) mass is 556 g/mol. The van der Waals surface area contributed by atoms with Gasteiger partial charge in [0.2, 0.25) is 11.7 Å². The highest BCUT2D eigenvalue weighted by atomic mass is 16.5. The minimum absolute atomic E-state index is 0.214. The number of rotatable bonds is 15. The predicted molar refractivity (Wildman–Crippen MR) is 171 cm³/mol. The fourth-order valence-corrected chi connectivity index (χ4v) is 4.41. The van der Waals surface area contributed by atoms with Crippen molar-refractivity contribution in [2.45, 2.75) is 66.2 Å². The van der Waals surface area contributed by atoms with E-state index in [0.29, 0.717) is 23.6 Å². The molecular formula is C35H44N2O4. The van der Waals surface area contributed by atoms with Crippen LogP contribution in [0.25, 0.3) is 17.0 Å². The van der Waals surface area contributed by atoms with Gasteiger partial charge in [-0.25, -0.2) is 0 Å². The Morgan fingerprint density at radius 1 is 0.951 bits per heavy atom. The SMILES string of the molecule is CCCCCCOc1c(OCC=C(C)CCC=C(C)C)c(=O)n(C)c2cc(NC(=O)C=Cc3ccccc3)ccc12. The number of nitrogens with one attached hydrogen (secondary N) is 1. The number of fused-ring (bicyclic) bond motifs is 1. The van der Waals surface area contributed by atoms with Crippen molar-refractivity contribution < 1.29 is 14.3 Å². The molecule has 1 N–H and O–H groups in total. The largest absolute Gasteiger partial charge is 0.489 e. The summed E-state index contributed by atoms with van der Waals surface area (Å²) >= 11 is 0. The van der Waals surface area contributed by atoms with Crippen LogP contribution in [0.4, 0.5) is 5.69 Å². The first kappa shape index (κ1) is 31.5. The lowest BCUT2D eigenvalue weighted by atomic mass is 10.1. The predicted octanol–water partition coefficient (Wildman–Crippen LogP) is 8.22. The Morgan fingerprint density at radius 3 is 2.46 bits per heavy atom. The van der Waals surface area contributed by atoms with Crippen LogP contribution in [-0.4, -0.2) is 23.7 Å². The molecule has 41 heavy (non-hydrogen) atoms. The summed E-state index contributed by atoms with van der Waals surface area (Å²) in [6, 6.07) is 15.1. The van der Waals surface area contributed by atoms with Crippen molar-refractivity contribution in [2.75, 3.05) is 18.5 Å². The van der Waals surface area contributed by atoms with Crippen molar-refractivity contribution >= 4 is 28.6 Å². The fraction of sp³-hybridized carbons (Fsp3) is 0.371. The van der Waals surface area contributed by atoms with Gasteiger partial charge in [-0.15, -0.1) is 0 Å². The maximum atomic E-state index is 13.5. The van der Waals surface area contributed by atoms with Crippen LogP contribution in [0.15, 0.2) is 82.7 Å². The number of aromatic nitrogens is 1. The Balaban J connectivity index is 1.86. The zero-order chi connectivity index (χ0) is 29.6. The molecular weight excluding hydrogens is 512 g/mol. The first-order chi connectivity index (χ1) is 19.8. The van der Waals surface area contributed by atoms with Gasteiger partial charge in [-0.2, -0.15) is 0 Å². The zero-order valence-electron chi connectivity index (χ0n) is 25.2. The molecule has 3 aromatic rings. The number of pyridine rings is 1. The number of nitrogens with zero attached hydrogens (tertiary/aromatic N) is 1. The number of anilines is 1. The lowest BCUT2D eigenvalue weighted by Gasteiger charge is -2.17. The van der Waals surface area contributed by atoms with Gasteiger partial charge >= 0.3 is 0 Å². The van der Waals surface area contributed by atoms with E-state index in [1.807, 2.05) is 48.5 Å². The minimum Gasteiger partial charge on any atom is -0.489 e. The second kappa shape index (κ2) is 16.3. The van der Waals surface area contributed by atoms with E-state index in [9.17, 15) is 9.59 Å². The molecule has 0 saturated heterocycles. The lowest BCUT2D eigenvalue weighted by molar-refractivity contribution is -0.111. The third kappa shape index (κ3) is 9.82. The summed E-state index contributed by atoms with van der Waals surface area (Å²) in [5.41, 5.74) is 4.43. The molecule has 3 rings (SSSR count). The number of hydrogen-bond donors (Lipinski definition) is 1. The number of ether oxygens (including phenoxy) is 2. The number of hydrogen-bond acceptors (Lipinski definition) is 4. The molecule has 6 nitrogen and oxygen atoms in total. The summed E-state index contributed by atoms with van der Waals surface area (Å²) in [6.45, 7) is 9.23.